The van der Waals surface area contributed by atoms with Crippen LogP contribution in [0.15, 0.2) is 30.5 Å². The summed E-state index contributed by atoms with van der Waals surface area (Å²) in [6.45, 7) is 0.750. The lowest BCUT2D eigenvalue weighted by molar-refractivity contribution is 0.144. The van der Waals surface area contributed by atoms with Gasteiger partial charge >= 0.3 is 0 Å². The Morgan fingerprint density at radius 1 is 1.29 bits per heavy atom. The van der Waals surface area contributed by atoms with Crippen LogP contribution in [0.2, 0.25) is 0 Å². The molecule has 4 nitrogen and oxygen atoms in total. The monoisotopic (exact) mass is 230 g/mol. The summed E-state index contributed by atoms with van der Waals surface area (Å²) in [7, 11) is 0. The van der Waals surface area contributed by atoms with Gasteiger partial charge in [-0.1, -0.05) is 12.1 Å². The Morgan fingerprint density at radius 2 is 2.12 bits per heavy atom. The van der Waals surface area contributed by atoms with Gasteiger partial charge in [0.15, 0.2) is 0 Å². The molecule has 0 radical (unpaired) electrons. The second-order valence-electron chi connectivity index (χ2n) is 4.39. The van der Waals surface area contributed by atoms with E-state index in [4.69, 9.17) is 0 Å². The van der Waals surface area contributed by atoms with Gasteiger partial charge in [0, 0.05) is 24.9 Å². The Hall–Kier alpha value is -1.81. The molecule has 0 amide bonds. The largest absolute Gasteiger partial charge is 0.507 e. The minimum absolute atomic E-state index is 0.243. The summed E-state index contributed by atoms with van der Waals surface area (Å²) in [5, 5.41) is 19.4. The normalized spacial score (nSPS) is 19.0. The van der Waals surface area contributed by atoms with Crippen molar-refractivity contribution in [2.75, 3.05) is 0 Å². The molecule has 2 aromatic rings. The number of rotatable bonds is 1. The van der Waals surface area contributed by atoms with Crippen molar-refractivity contribution in [3.05, 3.63) is 36.2 Å². The summed E-state index contributed by atoms with van der Waals surface area (Å²) in [4.78, 5) is 4.36. The number of hydrogen-bond acceptors (Lipinski definition) is 3. The van der Waals surface area contributed by atoms with E-state index in [9.17, 15) is 10.2 Å². The van der Waals surface area contributed by atoms with E-state index in [1.165, 1.54) is 0 Å². The van der Waals surface area contributed by atoms with Crippen LogP contribution < -0.4 is 0 Å². The summed E-state index contributed by atoms with van der Waals surface area (Å²) in [6.07, 6.45) is 2.89. The van der Waals surface area contributed by atoms with E-state index in [0.29, 0.717) is 6.42 Å². The molecule has 0 fully saturated rings. The molecule has 0 bridgehead atoms. The molecule has 0 saturated heterocycles. The molecule has 0 spiro atoms. The zero-order chi connectivity index (χ0) is 11.8. The molecule has 1 aromatic carbocycles. The lowest BCUT2D eigenvalue weighted by atomic mass is 10.1. The number of benzene rings is 1. The SMILES string of the molecule is Oc1ccccc1-c1ncc2n1CCC(O)C2. The average Bonchev–Trinajstić information content (AvgIpc) is 2.72. The van der Waals surface area contributed by atoms with Crippen LogP contribution in [0.5, 0.6) is 5.75 Å². The minimum atomic E-state index is -0.267. The van der Waals surface area contributed by atoms with Gasteiger partial charge in [0.2, 0.25) is 0 Å². The van der Waals surface area contributed by atoms with Crippen molar-refractivity contribution >= 4 is 0 Å². The van der Waals surface area contributed by atoms with Gasteiger partial charge in [0.1, 0.15) is 11.6 Å². The molecule has 0 aliphatic carbocycles. The predicted octanol–water partition coefficient (Wildman–Crippen LogP) is 1.56. The smallest absolute Gasteiger partial charge is 0.143 e. The van der Waals surface area contributed by atoms with Crippen LogP contribution in [0, 0.1) is 0 Å². The highest BCUT2D eigenvalue weighted by molar-refractivity contribution is 5.64. The molecule has 4 heteroatoms. The zero-order valence-electron chi connectivity index (χ0n) is 9.37. The van der Waals surface area contributed by atoms with Gasteiger partial charge in [-0.25, -0.2) is 4.98 Å². The van der Waals surface area contributed by atoms with Gasteiger partial charge in [0.05, 0.1) is 11.7 Å². The molecule has 1 aliphatic rings. The summed E-state index contributed by atoms with van der Waals surface area (Å²) >= 11 is 0. The third-order valence-electron chi connectivity index (χ3n) is 3.21. The summed E-state index contributed by atoms with van der Waals surface area (Å²) in [5.74, 6) is 1.03. The Morgan fingerprint density at radius 3 is 2.94 bits per heavy atom. The van der Waals surface area contributed by atoms with Crippen LogP contribution in [0.3, 0.4) is 0 Å². The quantitative estimate of drug-likeness (QED) is 0.781. The van der Waals surface area contributed by atoms with Gasteiger partial charge in [-0.2, -0.15) is 0 Å². The number of phenols is 1. The molecule has 1 atom stereocenters. The van der Waals surface area contributed by atoms with Gasteiger partial charge in [-0.05, 0) is 18.6 Å². The number of aliphatic hydroxyl groups is 1. The molecule has 88 valence electrons. The number of nitrogens with zero attached hydrogens (tertiary/aromatic N) is 2. The lowest BCUT2D eigenvalue weighted by Crippen LogP contribution is -2.23. The fraction of sp³-hybridized carbons (Fsp3) is 0.308. The van der Waals surface area contributed by atoms with E-state index in [2.05, 4.69) is 9.55 Å². The molecule has 1 aromatic heterocycles. The standard InChI is InChI=1S/C13H14N2O2/c16-10-5-6-15-9(7-10)8-14-13(15)11-3-1-2-4-12(11)17/h1-4,8,10,16-17H,5-7H2. The van der Waals surface area contributed by atoms with Crippen LogP contribution in [0.25, 0.3) is 11.4 Å². The van der Waals surface area contributed by atoms with Crippen LogP contribution >= 0.6 is 0 Å². The first kappa shape index (κ1) is 10.4. The van der Waals surface area contributed by atoms with Crippen molar-refractivity contribution in [2.45, 2.75) is 25.5 Å². The first-order valence-electron chi connectivity index (χ1n) is 5.76. The fourth-order valence-electron chi connectivity index (χ4n) is 2.32. The molecule has 1 aliphatic heterocycles. The predicted molar refractivity (Wildman–Crippen MR) is 63.7 cm³/mol. The minimum Gasteiger partial charge on any atom is -0.507 e. The number of fused-ring (bicyclic) bond motifs is 1. The summed E-state index contributed by atoms with van der Waals surface area (Å²) in [5.41, 5.74) is 1.78. The molecule has 0 saturated carbocycles. The van der Waals surface area contributed by atoms with E-state index >= 15 is 0 Å². The molecule has 2 heterocycles. The van der Waals surface area contributed by atoms with Crippen molar-refractivity contribution < 1.29 is 10.2 Å². The van der Waals surface area contributed by atoms with E-state index in [1.54, 1.807) is 18.3 Å². The number of aromatic nitrogens is 2. The van der Waals surface area contributed by atoms with E-state index in [0.717, 1.165) is 30.0 Å². The topological polar surface area (TPSA) is 58.3 Å². The number of aromatic hydroxyl groups is 1. The third kappa shape index (κ3) is 1.70. The number of aliphatic hydroxyl groups excluding tert-OH is 1. The van der Waals surface area contributed by atoms with Crippen molar-refractivity contribution in [2.24, 2.45) is 0 Å². The Balaban J connectivity index is 2.09. The average molecular weight is 230 g/mol. The third-order valence-corrected chi connectivity index (χ3v) is 3.21. The van der Waals surface area contributed by atoms with Gasteiger partial charge < -0.3 is 14.8 Å². The summed E-state index contributed by atoms with van der Waals surface area (Å²) < 4.78 is 2.07. The molecular weight excluding hydrogens is 216 g/mol. The Kier molecular flexibility index (Phi) is 2.37. The zero-order valence-corrected chi connectivity index (χ0v) is 9.37. The Labute approximate surface area is 99.2 Å². The number of para-hydroxylation sites is 1. The van der Waals surface area contributed by atoms with Crippen molar-refractivity contribution in [3.63, 3.8) is 0 Å². The first-order chi connectivity index (χ1) is 8.25. The maximum atomic E-state index is 9.83. The lowest BCUT2D eigenvalue weighted by Gasteiger charge is -2.21. The summed E-state index contributed by atoms with van der Waals surface area (Å²) in [6, 6.07) is 7.20. The Bertz CT molecular complexity index is 548. The van der Waals surface area contributed by atoms with Crippen LogP contribution in [0.4, 0.5) is 0 Å². The van der Waals surface area contributed by atoms with Crippen molar-refractivity contribution in [1.29, 1.82) is 0 Å². The maximum absolute atomic E-state index is 9.83. The van der Waals surface area contributed by atoms with Crippen molar-refractivity contribution in [3.8, 4) is 17.1 Å². The maximum Gasteiger partial charge on any atom is 0.143 e. The van der Waals surface area contributed by atoms with Crippen LogP contribution in [0.1, 0.15) is 12.1 Å². The highest BCUT2D eigenvalue weighted by Gasteiger charge is 2.21. The molecule has 17 heavy (non-hydrogen) atoms. The highest BCUT2D eigenvalue weighted by Crippen LogP contribution is 2.30. The second kappa shape index (κ2) is 3.89. The van der Waals surface area contributed by atoms with Crippen LogP contribution in [-0.2, 0) is 13.0 Å². The van der Waals surface area contributed by atoms with Gasteiger partial charge in [-0.15, -0.1) is 0 Å². The van der Waals surface area contributed by atoms with Gasteiger partial charge in [-0.3, -0.25) is 0 Å². The van der Waals surface area contributed by atoms with Crippen molar-refractivity contribution in [1.82, 2.24) is 9.55 Å². The second-order valence-corrected chi connectivity index (χ2v) is 4.39. The number of phenolic OH excluding ortho intramolecular Hbond substituents is 1. The number of imidazole rings is 1. The molecular formula is C13H14N2O2. The highest BCUT2D eigenvalue weighted by atomic mass is 16.3. The fourth-order valence-corrected chi connectivity index (χ4v) is 2.32. The molecule has 3 rings (SSSR count). The van der Waals surface area contributed by atoms with Crippen LogP contribution in [-0.4, -0.2) is 25.9 Å². The van der Waals surface area contributed by atoms with E-state index in [1.807, 2.05) is 12.1 Å². The first-order valence-corrected chi connectivity index (χ1v) is 5.76. The number of hydrogen-bond donors (Lipinski definition) is 2. The molecule has 1 unspecified atom stereocenters. The van der Waals surface area contributed by atoms with Gasteiger partial charge in [0.25, 0.3) is 0 Å². The van der Waals surface area contributed by atoms with E-state index in [-0.39, 0.29) is 11.9 Å². The van der Waals surface area contributed by atoms with E-state index < -0.39 is 0 Å². The molecule has 2 N–H and O–H groups in total.